The Morgan fingerprint density at radius 1 is 1.42 bits per heavy atom. The highest BCUT2D eigenvalue weighted by Crippen LogP contribution is 2.22. The molecule has 0 aliphatic carbocycles. The van der Waals surface area contributed by atoms with Crippen LogP contribution in [-0.4, -0.2) is 37.0 Å². The maximum absolute atomic E-state index is 11.5. The smallest absolute Gasteiger partial charge is 0.321 e. The molecule has 0 aliphatic heterocycles. The molecular formula is C12H18ClN3O2S. The number of rotatable bonds is 6. The number of nitrogens with zero attached hydrogens (tertiary/aromatic N) is 1. The highest BCUT2D eigenvalue weighted by atomic mass is 35.5. The van der Waals surface area contributed by atoms with E-state index in [1.54, 1.807) is 0 Å². The molecule has 106 valence electrons. The molecule has 0 atom stereocenters. The second-order valence-electron chi connectivity index (χ2n) is 3.95. The molecule has 0 fully saturated rings. The second-order valence-corrected chi connectivity index (χ2v) is 5.75. The normalized spacial score (nSPS) is 10.5. The molecule has 0 aromatic carbocycles. The molecule has 7 heteroatoms. The summed E-state index contributed by atoms with van der Waals surface area (Å²) < 4.78 is 0.767. The summed E-state index contributed by atoms with van der Waals surface area (Å²) >= 11 is 7.42. The molecule has 1 aromatic rings. The maximum atomic E-state index is 11.5. The molecule has 3 amide bonds. The van der Waals surface area contributed by atoms with Gasteiger partial charge in [0.05, 0.1) is 4.34 Å². The molecule has 0 aliphatic rings. The van der Waals surface area contributed by atoms with E-state index < -0.39 is 6.03 Å². The first-order valence-electron chi connectivity index (χ1n) is 6.03. The van der Waals surface area contributed by atoms with E-state index in [-0.39, 0.29) is 5.91 Å². The van der Waals surface area contributed by atoms with Crippen molar-refractivity contribution in [2.45, 2.75) is 19.9 Å². The quantitative estimate of drug-likeness (QED) is 0.846. The lowest BCUT2D eigenvalue weighted by atomic mass is 10.3. The number of nitrogens with one attached hydrogen (secondary N) is 2. The fraction of sp³-hybridized carbons (Fsp3) is 0.500. The Bertz CT molecular complexity index is 436. The molecule has 1 rings (SSSR count). The molecule has 0 radical (unpaired) electrons. The van der Waals surface area contributed by atoms with Gasteiger partial charge in [-0.3, -0.25) is 15.0 Å². The number of halogens is 1. The van der Waals surface area contributed by atoms with E-state index in [0.717, 1.165) is 17.4 Å². The highest BCUT2D eigenvalue weighted by molar-refractivity contribution is 7.16. The maximum Gasteiger partial charge on any atom is 0.321 e. The predicted molar refractivity (Wildman–Crippen MR) is 77.5 cm³/mol. The fourth-order valence-electron chi connectivity index (χ4n) is 1.52. The van der Waals surface area contributed by atoms with E-state index in [0.29, 0.717) is 13.0 Å². The summed E-state index contributed by atoms with van der Waals surface area (Å²) in [7, 11) is 1.47. The summed E-state index contributed by atoms with van der Waals surface area (Å²) in [5.74, 6) is -0.276. The van der Waals surface area contributed by atoms with Crippen molar-refractivity contribution in [1.82, 2.24) is 15.5 Å². The van der Waals surface area contributed by atoms with Gasteiger partial charge in [0.15, 0.2) is 0 Å². The predicted octanol–water partition coefficient (Wildman–Crippen LogP) is 2.07. The van der Waals surface area contributed by atoms with Crippen LogP contribution >= 0.6 is 22.9 Å². The van der Waals surface area contributed by atoms with Gasteiger partial charge >= 0.3 is 6.03 Å². The number of thiophene rings is 1. The standard InChI is InChI=1S/C12H18ClN3O2S/c1-3-16(8-9-4-5-10(13)19-9)7-6-11(17)15-12(18)14-2/h4-5H,3,6-8H2,1-2H3,(H2,14,15,17,18). The number of carbonyl (C=O) groups excluding carboxylic acids is 2. The van der Waals surface area contributed by atoms with E-state index in [4.69, 9.17) is 11.6 Å². The Kier molecular flexibility index (Phi) is 6.83. The van der Waals surface area contributed by atoms with Crippen molar-refractivity contribution < 1.29 is 9.59 Å². The van der Waals surface area contributed by atoms with Gasteiger partial charge in [-0.2, -0.15) is 0 Å². The summed E-state index contributed by atoms with van der Waals surface area (Å²) in [5.41, 5.74) is 0. The minimum Gasteiger partial charge on any atom is -0.341 e. The molecule has 0 saturated heterocycles. The van der Waals surface area contributed by atoms with Gasteiger partial charge in [-0.05, 0) is 18.7 Å². The Hall–Kier alpha value is -1.11. The van der Waals surface area contributed by atoms with Crippen molar-refractivity contribution in [3.63, 3.8) is 0 Å². The molecule has 0 unspecified atom stereocenters. The van der Waals surface area contributed by atoms with Gasteiger partial charge in [-0.25, -0.2) is 4.79 Å². The zero-order valence-electron chi connectivity index (χ0n) is 11.0. The Morgan fingerprint density at radius 3 is 2.68 bits per heavy atom. The number of hydrogen-bond acceptors (Lipinski definition) is 4. The van der Waals surface area contributed by atoms with Crippen molar-refractivity contribution in [2.24, 2.45) is 0 Å². The van der Waals surface area contributed by atoms with Gasteiger partial charge in [0, 0.05) is 31.4 Å². The monoisotopic (exact) mass is 303 g/mol. The Balaban J connectivity index is 2.36. The first kappa shape index (κ1) is 15.9. The average molecular weight is 304 g/mol. The van der Waals surface area contributed by atoms with Crippen molar-refractivity contribution >= 4 is 34.9 Å². The average Bonchev–Trinajstić information content (AvgIpc) is 2.79. The van der Waals surface area contributed by atoms with Crippen molar-refractivity contribution in [2.75, 3.05) is 20.1 Å². The minimum atomic E-state index is -0.474. The summed E-state index contributed by atoms with van der Waals surface area (Å²) in [4.78, 5) is 25.7. The lowest BCUT2D eigenvalue weighted by Crippen LogP contribution is -2.39. The van der Waals surface area contributed by atoms with Gasteiger partial charge in [0.2, 0.25) is 5.91 Å². The minimum absolute atomic E-state index is 0.276. The van der Waals surface area contributed by atoms with Gasteiger partial charge in [-0.15, -0.1) is 11.3 Å². The topological polar surface area (TPSA) is 61.4 Å². The van der Waals surface area contributed by atoms with Gasteiger partial charge < -0.3 is 5.32 Å². The molecule has 5 nitrogen and oxygen atoms in total. The SMILES string of the molecule is CCN(CCC(=O)NC(=O)NC)Cc1ccc(Cl)s1. The highest BCUT2D eigenvalue weighted by Gasteiger charge is 2.10. The molecular weight excluding hydrogens is 286 g/mol. The van der Waals surface area contributed by atoms with Crippen LogP contribution in [-0.2, 0) is 11.3 Å². The van der Waals surface area contributed by atoms with Crippen LogP contribution < -0.4 is 10.6 Å². The molecule has 1 heterocycles. The largest absolute Gasteiger partial charge is 0.341 e. The van der Waals surface area contributed by atoms with E-state index in [2.05, 4.69) is 15.5 Å². The van der Waals surface area contributed by atoms with Gasteiger partial charge in [0.25, 0.3) is 0 Å². The third-order valence-corrected chi connectivity index (χ3v) is 3.81. The first-order chi connectivity index (χ1) is 9.05. The van der Waals surface area contributed by atoms with Crippen LogP contribution in [0.4, 0.5) is 4.79 Å². The summed E-state index contributed by atoms with van der Waals surface area (Å²) in [6.07, 6.45) is 0.292. The third-order valence-electron chi connectivity index (χ3n) is 2.59. The zero-order valence-corrected chi connectivity index (χ0v) is 12.6. The van der Waals surface area contributed by atoms with E-state index in [9.17, 15) is 9.59 Å². The molecule has 2 N–H and O–H groups in total. The van der Waals surface area contributed by atoms with Crippen LogP contribution in [0.15, 0.2) is 12.1 Å². The summed E-state index contributed by atoms with van der Waals surface area (Å²) in [6.45, 7) is 4.24. The van der Waals surface area contributed by atoms with E-state index >= 15 is 0 Å². The summed E-state index contributed by atoms with van der Waals surface area (Å²) in [6, 6.07) is 3.38. The van der Waals surface area contributed by atoms with Gasteiger partial charge in [-0.1, -0.05) is 18.5 Å². The number of imide groups is 1. The van der Waals surface area contributed by atoms with Crippen LogP contribution in [0.3, 0.4) is 0 Å². The zero-order chi connectivity index (χ0) is 14.3. The van der Waals surface area contributed by atoms with Crippen molar-refractivity contribution in [1.29, 1.82) is 0 Å². The molecule has 0 spiro atoms. The van der Waals surface area contributed by atoms with Crippen LogP contribution in [0.25, 0.3) is 0 Å². The van der Waals surface area contributed by atoms with Crippen LogP contribution in [0.1, 0.15) is 18.2 Å². The number of hydrogen-bond donors (Lipinski definition) is 2. The molecule has 19 heavy (non-hydrogen) atoms. The number of urea groups is 1. The fourth-order valence-corrected chi connectivity index (χ4v) is 2.65. The lowest BCUT2D eigenvalue weighted by Gasteiger charge is -2.18. The number of amides is 3. The second kappa shape index (κ2) is 8.14. The van der Waals surface area contributed by atoms with Crippen molar-refractivity contribution in [3.05, 3.63) is 21.3 Å². The lowest BCUT2D eigenvalue weighted by molar-refractivity contribution is -0.120. The van der Waals surface area contributed by atoms with Crippen LogP contribution in [0.5, 0.6) is 0 Å². The molecule has 1 aromatic heterocycles. The van der Waals surface area contributed by atoms with Crippen LogP contribution in [0, 0.1) is 0 Å². The Morgan fingerprint density at radius 2 is 2.16 bits per heavy atom. The molecule has 0 saturated carbocycles. The third kappa shape index (κ3) is 6.04. The van der Waals surface area contributed by atoms with Crippen molar-refractivity contribution in [3.8, 4) is 0 Å². The first-order valence-corrected chi connectivity index (χ1v) is 7.22. The number of carbonyl (C=O) groups is 2. The van der Waals surface area contributed by atoms with Crippen LogP contribution in [0.2, 0.25) is 4.34 Å². The summed E-state index contributed by atoms with van der Waals surface area (Å²) in [5, 5.41) is 4.59. The molecule has 0 bridgehead atoms. The Labute approximate surface area is 121 Å². The van der Waals surface area contributed by atoms with Gasteiger partial charge in [0.1, 0.15) is 0 Å². The van der Waals surface area contributed by atoms with E-state index in [1.807, 2.05) is 19.1 Å². The van der Waals surface area contributed by atoms with E-state index in [1.165, 1.54) is 23.3 Å².